The van der Waals surface area contributed by atoms with Crippen molar-refractivity contribution in [3.63, 3.8) is 0 Å². The van der Waals surface area contributed by atoms with Crippen LogP contribution in [0.25, 0.3) is 0 Å². The summed E-state index contributed by atoms with van der Waals surface area (Å²) in [6.07, 6.45) is 2.35. The highest BCUT2D eigenvalue weighted by atomic mass is 79.9. The van der Waals surface area contributed by atoms with Crippen LogP contribution in [0.5, 0.6) is 0 Å². The van der Waals surface area contributed by atoms with Gasteiger partial charge in [0.25, 0.3) is 0 Å². The van der Waals surface area contributed by atoms with Crippen LogP contribution in [-0.2, 0) is 4.74 Å². The van der Waals surface area contributed by atoms with Gasteiger partial charge in [0, 0.05) is 11.9 Å². The molecule has 0 aromatic rings. The minimum Gasteiger partial charge on any atom is -0.370 e. The Morgan fingerprint density at radius 3 is 2.38 bits per heavy atom. The lowest BCUT2D eigenvalue weighted by molar-refractivity contribution is 0.182. The lowest BCUT2D eigenvalue weighted by Crippen LogP contribution is -1.90. The molecule has 50 valence electrons. The molecule has 0 atom stereocenters. The van der Waals surface area contributed by atoms with E-state index >= 15 is 0 Å². The molecular formula is C5H10Br2O. The van der Waals surface area contributed by atoms with Gasteiger partial charge >= 0.3 is 0 Å². The van der Waals surface area contributed by atoms with Gasteiger partial charge in [-0.2, -0.15) is 0 Å². The fourth-order valence-electron chi connectivity index (χ4n) is 0.353. The van der Waals surface area contributed by atoms with E-state index in [0.717, 1.165) is 18.4 Å². The van der Waals surface area contributed by atoms with Gasteiger partial charge in [-0.05, 0) is 12.8 Å². The summed E-state index contributed by atoms with van der Waals surface area (Å²) in [5.41, 5.74) is 0.662. The van der Waals surface area contributed by atoms with Gasteiger partial charge in [-0.1, -0.05) is 31.9 Å². The first-order valence-electron chi connectivity index (χ1n) is 2.61. The summed E-state index contributed by atoms with van der Waals surface area (Å²) in [7, 11) is 0. The Bertz CT molecular complexity index is 35.4. The molecular weight excluding hydrogens is 236 g/mol. The Morgan fingerprint density at radius 2 is 1.88 bits per heavy atom. The van der Waals surface area contributed by atoms with Crippen molar-refractivity contribution >= 4 is 31.9 Å². The molecule has 0 N–H and O–H groups in total. The van der Waals surface area contributed by atoms with Crippen molar-refractivity contribution in [3.05, 3.63) is 0 Å². The first-order chi connectivity index (χ1) is 3.91. The lowest BCUT2D eigenvalue weighted by Gasteiger charge is -1.95. The summed E-state index contributed by atoms with van der Waals surface area (Å²) in [4.78, 5) is 0. The molecule has 0 aromatic carbocycles. The number of alkyl halides is 2. The normalized spacial score (nSPS) is 9.75. The molecule has 0 bridgehead atoms. The molecule has 0 rings (SSSR count). The van der Waals surface area contributed by atoms with Gasteiger partial charge in [0.05, 0.1) is 0 Å². The molecule has 0 spiro atoms. The molecule has 0 aliphatic carbocycles. The fourth-order valence-corrected chi connectivity index (χ4v) is 0.979. The van der Waals surface area contributed by atoms with Crippen LogP contribution in [0, 0.1) is 0 Å². The van der Waals surface area contributed by atoms with Crippen molar-refractivity contribution < 1.29 is 4.74 Å². The molecule has 0 aromatic heterocycles. The van der Waals surface area contributed by atoms with E-state index in [9.17, 15) is 0 Å². The molecule has 0 heterocycles. The van der Waals surface area contributed by atoms with Gasteiger partial charge in [0.2, 0.25) is 0 Å². The van der Waals surface area contributed by atoms with E-state index in [2.05, 4.69) is 31.9 Å². The fraction of sp³-hybridized carbons (Fsp3) is 1.00. The third-order valence-electron chi connectivity index (χ3n) is 0.749. The average molecular weight is 246 g/mol. The molecule has 0 amide bonds. The van der Waals surface area contributed by atoms with Crippen LogP contribution in [-0.4, -0.2) is 17.5 Å². The largest absolute Gasteiger partial charge is 0.370 e. The van der Waals surface area contributed by atoms with Gasteiger partial charge in [0.15, 0.2) is 0 Å². The molecule has 0 unspecified atom stereocenters. The van der Waals surface area contributed by atoms with Crippen molar-refractivity contribution in [1.29, 1.82) is 0 Å². The van der Waals surface area contributed by atoms with E-state index < -0.39 is 0 Å². The number of rotatable bonds is 5. The highest BCUT2D eigenvalue weighted by Crippen LogP contribution is 1.94. The zero-order chi connectivity index (χ0) is 6.24. The Hall–Kier alpha value is 0.920. The van der Waals surface area contributed by atoms with Crippen LogP contribution in [0.2, 0.25) is 0 Å². The van der Waals surface area contributed by atoms with Crippen LogP contribution < -0.4 is 0 Å². The molecule has 0 saturated carbocycles. The van der Waals surface area contributed by atoms with Crippen molar-refractivity contribution in [2.75, 3.05) is 17.5 Å². The highest BCUT2D eigenvalue weighted by Gasteiger charge is 1.83. The van der Waals surface area contributed by atoms with E-state index in [1.54, 1.807) is 0 Å². The number of unbranched alkanes of at least 4 members (excludes halogenated alkanes) is 1. The van der Waals surface area contributed by atoms with Crippen LogP contribution >= 0.6 is 31.9 Å². The van der Waals surface area contributed by atoms with Crippen LogP contribution in [0.4, 0.5) is 0 Å². The zero-order valence-electron chi connectivity index (χ0n) is 4.70. The van der Waals surface area contributed by atoms with E-state index in [1.807, 2.05) is 0 Å². The first kappa shape index (κ1) is 8.92. The second kappa shape index (κ2) is 7.92. The number of ether oxygens (including phenoxy) is 1. The maximum atomic E-state index is 5.03. The van der Waals surface area contributed by atoms with Gasteiger partial charge in [-0.15, -0.1) is 0 Å². The van der Waals surface area contributed by atoms with Crippen LogP contribution in [0.1, 0.15) is 12.8 Å². The Morgan fingerprint density at radius 1 is 1.12 bits per heavy atom. The Kier molecular flexibility index (Phi) is 8.83. The number of hydrogen-bond donors (Lipinski definition) is 0. The van der Waals surface area contributed by atoms with Gasteiger partial charge in [-0.25, -0.2) is 0 Å². The summed E-state index contributed by atoms with van der Waals surface area (Å²) < 4.78 is 5.03. The summed E-state index contributed by atoms with van der Waals surface area (Å²) in [5.74, 6) is 0. The molecule has 0 saturated heterocycles. The monoisotopic (exact) mass is 244 g/mol. The van der Waals surface area contributed by atoms with Crippen molar-refractivity contribution in [2.45, 2.75) is 12.8 Å². The first-order valence-corrected chi connectivity index (χ1v) is 4.85. The standard InChI is InChI=1S/C5H10Br2O/c6-3-1-2-4-8-5-7/h1-5H2. The quantitative estimate of drug-likeness (QED) is 0.535. The molecule has 3 heteroatoms. The Labute approximate surface area is 67.0 Å². The second-order valence-electron chi connectivity index (χ2n) is 1.41. The minimum absolute atomic E-state index is 0.662. The average Bonchev–Trinajstić information content (AvgIpc) is 1.81. The predicted octanol–water partition coefficient (Wildman–Crippen LogP) is 2.53. The van der Waals surface area contributed by atoms with Crippen molar-refractivity contribution in [1.82, 2.24) is 0 Å². The smallest absolute Gasteiger partial charge is 0.101 e. The molecule has 0 fully saturated rings. The summed E-state index contributed by atoms with van der Waals surface area (Å²) in [5, 5.41) is 1.08. The number of hydrogen-bond acceptors (Lipinski definition) is 1. The SMILES string of the molecule is BrCCCCOCBr. The molecule has 0 aliphatic heterocycles. The van der Waals surface area contributed by atoms with Gasteiger partial charge < -0.3 is 4.74 Å². The maximum absolute atomic E-state index is 5.03. The zero-order valence-corrected chi connectivity index (χ0v) is 7.87. The van der Waals surface area contributed by atoms with Gasteiger partial charge in [-0.3, -0.25) is 0 Å². The second-order valence-corrected chi connectivity index (χ2v) is 2.66. The molecule has 8 heavy (non-hydrogen) atoms. The molecule has 0 aliphatic rings. The molecule has 0 radical (unpaired) electrons. The lowest BCUT2D eigenvalue weighted by atomic mass is 10.4. The van der Waals surface area contributed by atoms with Crippen molar-refractivity contribution in [3.8, 4) is 0 Å². The summed E-state index contributed by atoms with van der Waals surface area (Å²) in [6, 6.07) is 0. The highest BCUT2D eigenvalue weighted by molar-refractivity contribution is 9.09. The van der Waals surface area contributed by atoms with Gasteiger partial charge in [0.1, 0.15) is 5.52 Å². The van der Waals surface area contributed by atoms with Crippen LogP contribution in [0.3, 0.4) is 0 Å². The summed E-state index contributed by atoms with van der Waals surface area (Å²) >= 11 is 6.50. The van der Waals surface area contributed by atoms with E-state index in [4.69, 9.17) is 4.74 Å². The number of halogens is 2. The minimum atomic E-state index is 0.662. The summed E-state index contributed by atoms with van der Waals surface area (Å²) in [6.45, 7) is 0.872. The van der Waals surface area contributed by atoms with Crippen LogP contribution in [0.15, 0.2) is 0 Å². The third-order valence-corrected chi connectivity index (χ3v) is 1.63. The Balaban J connectivity index is 2.53. The van der Waals surface area contributed by atoms with Crippen molar-refractivity contribution in [2.24, 2.45) is 0 Å². The maximum Gasteiger partial charge on any atom is 0.101 e. The molecule has 1 nitrogen and oxygen atoms in total. The van der Waals surface area contributed by atoms with E-state index in [0.29, 0.717) is 5.52 Å². The van der Waals surface area contributed by atoms with E-state index in [-0.39, 0.29) is 0 Å². The topological polar surface area (TPSA) is 9.23 Å². The third kappa shape index (κ3) is 6.92. The predicted molar refractivity (Wildman–Crippen MR) is 42.8 cm³/mol. The van der Waals surface area contributed by atoms with E-state index in [1.165, 1.54) is 6.42 Å².